The first-order chi connectivity index (χ1) is 12.2. The van der Waals surface area contributed by atoms with E-state index in [4.69, 9.17) is 5.73 Å². The van der Waals surface area contributed by atoms with Crippen LogP contribution in [0.4, 0.5) is 5.69 Å². The molecule has 0 saturated heterocycles. The average molecular weight is 463 g/mol. The van der Waals surface area contributed by atoms with E-state index in [-0.39, 0.29) is 35.2 Å². The fourth-order valence-electron chi connectivity index (χ4n) is 2.28. The number of benzene rings is 2. The predicted molar refractivity (Wildman–Crippen MR) is 91.1 cm³/mol. The number of nitrogens with one attached hydrogen (secondary N) is 1. The van der Waals surface area contributed by atoms with Crippen molar-refractivity contribution in [1.82, 2.24) is 0 Å². The summed E-state index contributed by atoms with van der Waals surface area (Å²) in [6, 6.07) is 2.57. The quantitative estimate of drug-likeness (QED) is 0.216. The summed E-state index contributed by atoms with van der Waals surface area (Å²) in [5, 5.41) is 0.834. The average Bonchev–Trinajstić information content (AvgIpc) is 2.50. The smallest absolute Gasteiger partial charge is 0.324 e. The Morgan fingerprint density at radius 3 is 1.86 bits per heavy atom. The summed E-state index contributed by atoms with van der Waals surface area (Å²) in [5.41, 5.74) is 4.80. The molecule has 0 radical (unpaired) electrons. The fourth-order valence-corrected chi connectivity index (χ4v) is 4.32. The zero-order valence-electron chi connectivity index (χ0n) is 14.0. The van der Waals surface area contributed by atoms with E-state index in [9.17, 15) is 43.7 Å². The van der Waals surface area contributed by atoms with Crippen molar-refractivity contribution < 1.29 is 73.3 Å². The van der Waals surface area contributed by atoms with Crippen molar-refractivity contribution in [1.29, 1.82) is 0 Å². The van der Waals surface area contributed by atoms with E-state index in [0.29, 0.717) is 12.1 Å². The summed E-state index contributed by atoms with van der Waals surface area (Å²) >= 11 is 0. The molecule has 0 unspecified atom stereocenters. The third-order valence-corrected chi connectivity index (χ3v) is 5.95. The van der Waals surface area contributed by atoms with Gasteiger partial charge in [0, 0.05) is 10.8 Å². The number of carbonyl (C=O) groups is 1. The Hall–Kier alpha value is -1.14. The topological polar surface area (TPSA) is 218 Å². The second-order valence-corrected chi connectivity index (χ2v) is 9.33. The van der Waals surface area contributed by atoms with E-state index in [2.05, 4.69) is 5.32 Å². The minimum Gasteiger partial charge on any atom is -0.324 e. The molecule has 0 saturated carbocycles. The van der Waals surface area contributed by atoms with Gasteiger partial charge < -0.3 is 11.1 Å². The van der Waals surface area contributed by atoms with Gasteiger partial charge in [-0.15, -0.1) is 0 Å². The van der Waals surface area contributed by atoms with Gasteiger partial charge in [-0.1, -0.05) is 0 Å². The van der Waals surface area contributed by atoms with Gasteiger partial charge >= 0.3 is 29.6 Å². The number of amides is 1. The molecule has 148 valence electrons. The molecule has 16 heteroatoms. The first-order valence-electron chi connectivity index (χ1n) is 6.69. The summed E-state index contributed by atoms with van der Waals surface area (Å²) in [6.07, 6.45) is 0. The van der Waals surface area contributed by atoms with Crippen LogP contribution in [0, 0.1) is 0 Å². The molecule has 0 aliphatic rings. The molecule has 0 heterocycles. The van der Waals surface area contributed by atoms with Gasteiger partial charge in [0.2, 0.25) is 5.91 Å². The molecule has 1 amide bonds. The molecular weight excluding hydrogens is 451 g/mol. The summed E-state index contributed by atoms with van der Waals surface area (Å²) in [5.74, 6) is -0.823. The van der Waals surface area contributed by atoms with Crippen molar-refractivity contribution in [3.8, 4) is 0 Å². The SMILES string of the molecule is NCC(=O)Nc1ccc(S(=O)(=O)O)c2cc(S(=O)(=O)O)cc(S(=O)(=O)O)c12.[Na+]. The number of rotatable bonds is 5. The standard InChI is InChI=1S/C12H12N2O10S3.Na/c13-5-11(15)14-8-1-2-9(26(19,20)21)7-3-6(25(16,17)18)4-10(12(7)8)27(22,23)24;/h1-4H,5,13H2,(H,14,15)(H,16,17,18)(H,19,20,21)(H,22,23,24);/q;+1. The van der Waals surface area contributed by atoms with Crippen LogP contribution in [0.25, 0.3) is 10.8 Å². The Bertz CT molecular complexity index is 1270. The van der Waals surface area contributed by atoms with Gasteiger partial charge in [-0.05, 0) is 24.3 Å². The van der Waals surface area contributed by atoms with Gasteiger partial charge in [0.25, 0.3) is 30.4 Å². The van der Waals surface area contributed by atoms with Crippen LogP contribution >= 0.6 is 0 Å². The first kappa shape index (κ1) is 24.9. The van der Waals surface area contributed by atoms with Gasteiger partial charge in [0.05, 0.1) is 17.1 Å². The second kappa shape index (κ2) is 8.31. The van der Waals surface area contributed by atoms with E-state index >= 15 is 0 Å². The van der Waals surface area contributed by atoms with Crippen LogP contribution in [0.1, 0.15) is 0 Å². The van der Waals surface area contributed by atoms with Gasteiger partial charge in [-0.25, -0.2) is 0 Å². The monoisotopic (exact) mass is 463 g/mol. The van der Waals surface area contributed by atoms with E-state index < -0.39 is 68.3 Å². The second-order valence-electron chi connectivity index (χ2n) is 5.13. The Kier molecular flexibility index (Phi) is 7.39. The molecule has 0 aliphatic carbocycles. The van der Waals surface area contributed by atoms with Crippen LogP contribution in [-0.4, -0.2) is 51.4 Å². The number of carbonyl (C=O) groups excluding carboxylic acids is 1. The third kappa shape index (κ3) is 5.26. The number of hydrogen-bond donors (Lipinski definition) is 5. The van der Waals surface area contributed by atoms with E-state index in [0.717, 1.165) is 12.1 Å². The van der Waals surface area contributed by atoms with Crippen molar-refractivity contribution in [2.45, 2.75) is 14.7 Å². The molecule has 28 heavy (non-hydrogen) atoms. The van der Waals surface area contributed by atoms with Crippen molar-refractivity contribution in [3.63, 3.8) is 0 Å². The van der Waals surface area contributed by atoms with Crippen molar-refractivity contribution in [3.05, 3.63) is 24.3 Å². The van der Waals surface area contributed by atoms with Crippen molar-refractivity contribution >= 4 is 52.7 Å². The molecular formula is C12H12N2NaO10S3+. The van der Waals surface area contributed by atoms with Crippen LogP contribution in [-0.2, 0) is 35.1 Å². The number of anilines is 1. The maximum absolute atomic E-state index is 11.7. The first-order valence-corrected chi connectivity index (χ1v) is 11.0. The molecule has 2 rings (SSSR count). The maximum Gasteiger partial charge on any atom is 1.00 e. The number of nitrogens with two attached hydrogens (primary N) is 1. The van der Waals surface area contributed by atoms with E-state index in [1.807, 2.05) is 0 Å². The van der Waals surface area contributed by atoms with Crippen molar-refractivity contribution in [2.24, 2.45) is 5.73 Å². The molecule has 2 aromatic rings. The van der Waals surface area contributed by atoms with E-state index in [1.165, 1.54) is 0 Å². The molecule has 0 bridgehead atoms. The minimum atomic E-state index is -5.17. The molecule has 0 atom stereocenters. The fraction of sp³-hybridized carbons (Fsp3) is 0.0833. The summed E-state index contributed by atoms with van der Waals surface area (Å²) in [4.78, 5) is 8.40. The third-order valence-electron chi connectivity index (χ3n) is 3.33. The van der Waals surface area contributed by atoms with Crippen LogP contribution in [0.2, 0.25) is 0 Å². The Morgan fingerprint density at radius 1 is 0.893 bits per heavy atom. The minimum absolute atomic E-state index is 0. The molecule has 0 spiro atoms. The maximum atomic E-state index is 11.7. The predicted octanol–water partition coefficient (Wildman–Crippen LogP) is -3.52. The normalized spacial score (nSPS) is 12.4. The molecule has 6 N–H and O–H groups in total. The van der Waals surface area contributed by atoms with Crippen LogP contribution in [0.5, 0.6) is 0 Å². The molecule has 2 aromatic carbocycles. The van der Waals surface area contributed by atoms with Crippen LogP contribution in [0.3, 0.4) is 0 Å². The molecule has 0 aromatic heterocycles. The molecule has 0 fully saturated rings. The summed E-state index contributed by atoms with van der Waals surface area (Å²) < 4.78 is 97.4. The number of fused-ring (bicyclic) bond motifs is 1. The zero-order valence-corrected chi connectivity index (χ0v) is 18.5. The largest absolute Gasteiger partial charge is 1.00 e. The van der Waals surface area contributed by atoms with Crippen molar-refractivity contribution in [2.75, 3.05) is 11.9 Å². The van der Waals surface area contributed by atoms with Crippen LogP contribution in [0.15, 0.2) is 39.0 Å². The molecule has 12 nitrogen and oxygen atoms in total. The van der Waals surface area contributed by atoms with Gasteiger partial charge in [0.15, 0.2) is 0 Å². The Balaban J connectivity index is 0.00000392. The van der Waals surface area contributed by atoms with E-state index in [1.54, 1.807) is 0 Å². The van der Waals surface area contributed by atoms with Crippen LogP contribution < -0.4 is 40.6 Å². The van der Waals surface area contributed by atoms with Gasteiger partial charge in [-0.3, -0.25) is 18.5 Å². The Morgan fingerprint density at radius 2 is 1.43 bits per heavy atom. The summed E-state index contributed by atoms with van der Waals surface area (Å²) in [7, 11) is -15.2. The molecule has 0 aliphatic heterocycles. The number of hydrogen-bond acceptors (Lipinski definition) is 8. The summed E-state index contributed by atoms with van der Waals surface area (Å²) in [6.45, 7) is -0.536. The Labute approximate surface area is 181 Å². The van der Waals surface area contributed by atoms with Gasteiger partial charge in [0.1, 0.15) is 9.79 Å². The van der Waals surface area contributed by atoms with Gasteiger partial charge in [-0.2, -0.15) is 25.3 Å². The zero-order chi connectivity index (χ0) is 20.8.